The minimum atomic E-state index is -0.782. The first-order chi connectivity index (χ1) is 10.9. The number of aliphatic hydroxyl groups excluding tert-OH is 1. The van der Waals surface area contributed by atoms with Gasteiger partial charge in [0.2, 0.25) is 5.91 Å². The predicted molar refractivity (Wildman–Crippen MR) is 87.2 cm³/mol. The van der Waals surface area contributed by atoms with E-state index in [1.165, 1.54) is 0 Å². The zero-order chi connectivity index (χ0) is 16.8. The molecule has 0 aliphatic rings. The summed E-state index contributed by atoms with van der Waals surface area (Å²) in [7, 11) is 0. The molecule has 2 rings (SSSR count). The number of carbonyl (C=O) groups is 1. The number of amides is 1. The van der Waals surface area contributed by atoms with Gasteiger partial charge in [-0.05, 0) is 44.5 Å². The molecule has 0 fully saturated rings. The molecule has 0 aliphatic heterocycles. The van der Waals surface area contributed by atoms with Gasteiger partial charge in [-0.15, -0.1) is 0 Å². The van der Waals surface area contributed by atoms with E-state index < -0.39 is 6.10 Å². The molecule has 1 amide bonds. The Morgan fingerprint density at radius 3 is 2.83 bits per heavy atom. The second kappa shape index (κ2) is 7.78. The molecular formula is C17H23N3O3. The fourth-order valence-corrected chi connectivity index (χ4v) is 2.19. The molecule has 124 valence electrons. The van der Waals surface area contributed by atoms with Crippen molar-refractivity contribution in [3.05, 3.63) is 47.3 Å². The lowest BCUT2D eigenvalue weighted by Crippen LogP contribution is -2.29. The summed E-state index contributed by atoms with van der Waals surface area (Å²) >= 11 is 0. The van der Waals surface area contributed by atoms with Gasteiger partial charge in [0.1, 0.15) is 5.75 Å². The number of aryl methyl sites for hydroxylation is 1. The van der Waals surface area contributed by atoms with E-state index in [1.54, 1.807) is 12.1 Å². The van der Waals surface area contributed by atoms with E-state index in [1.807, 2.05) is 39.0 Å². The number of hydrogen-bond acceptors (Lipinski definition) is 4. The van der Waals surface area contributed by atoms with E-state index in [4.69, 9.17) is 4.74 Å². The molecule has 0 bridgehead atoms. The van der Waals surface area contributed by atoms with Crippen LogP contribution >= 0.6 is 0 Å². The van der Waals surface area contributed by atoms with Crippen molar-refractivity contribution in [1.82, 2.24) is 15.5 Å². The number of nitrogens with zero attached hydrogens (tertiary/aromatic N) is 1. The number of nitrogens with one attached hydrogen (secondary N) is 2. The maximum absolute atomic E-state index is 11.9. The van der Waals surface area contributed by atoms with Crippen molar-refractivity contribution < 1.29 is 14.6 Å². The second-order valence-corrected chi connectivity index (χ2v) is 5.78. The Morgan fingerprint density at radius 2 is 2.17 bits per heavy atom. The molecule has 0 saturated heterocycles. The highest BCUT2D eigenvalue weighted by molar-refractivity contribution is 5.78. The Hall–Kier alpha value is -2.34. The molecule has 0 spiro atoms. The molecule has 6 heteroatoms. The highest BCUT2D eigenvalue weighted by Crippen LogP contribution is 2.19. The van der Waals surface area contributed by atoms with Crippen LogP contribution in [0.4, 0.5) is 0 Å². The summed E-state index contributed by atoms with van der Waals surface area (Å²) in [6.45, 7) is 5.91. The average Bonchev–Trinajstić information content (AvgIpc) is 2.89. The zero-order valence-electron chi connectivity index (χ0n) is 13.7. The van der Waals surface area contributed by atoms with E-state index in [-0.39, 0.29) is 25.0 Å². The topological polar surface area (TPSA) is 87.2 Å². The van der Waals surface area contributed by atoms with Crippen LogP contribution in [-0.2, 0) is 11.2 Å². The standard InChI is InChI=1S/C17H23N3O3/c1-11(2)23-15-6-4-5-13(8-15)16(21)10-18-17(22)9-14-7-12(3)19-20-14/h4-8,11,16,21H,9-10H2,1-3H3,(H,18,22)(H,19,20)/t16-/m1/s1. The van der Waals surface area contributed by atoms with Crippen LogP contribution in [0.25, 0.3) is 0 Å². The number of aliphatic hydroxyl groups is 1. The maximum atomic E-state index is 11.9. The van der Waals surface area contributed by atoms with Gasteiger partial charge in [0.05, 0.1) is 24.3 Å². The molecule has 0 unspecified atom stereocenters. The molecule has 0 saturated carbocycles. The van der Waals surface area contributed by atoms with Crippen molar-refractivity contribution in [3.8, 4) is 5.75 Å². The minimum Gasteiger partial charge on any atom is -0.491 e. The fourth-order valence-electron chi connectivity index (χ4n) is 2.19. The monoisotopic (exact) mass is 317 g/mol. The highest BCUT2D eigenvalue weighted by atomic mass is 16.5. The fraction of sp³-hybridized carbons (Fsp3) is 0.412. The smallest absolute Gasteiger partial charge is 0.226 e. The van der Waals surface area contributed by atoms with Crippen molar-refractivity contribution in [2.45, 2.75) is 39.4 Å². The number of aromatic amines is 1. The molecule has 6 nitrogen and oxygen atoms in total. The lowest BCUT2D eigenvalue weighted by Gasteiger charge is -2.15. The Balaban J connectivity index is 1.86. The summed E-state index contributed by atoms with van der Waals surface area (Å²) in [5, 5.41) is 19.7. The van der Waals surface area contributed by atoms with E-state index >= 15 is 0 Å². The number of benzene rings is 1. The van der Waals surface area contributed by atoms with Crippen LogP contribution in [0.2, 0.25) is 0 Å². The first kappa shape index (κ1) is 17.0. The van der Waals surface area contributed by atoms with Gasteiger partial charge >= 0.3 is 0 Å². The molecule has 1 aromatic heterocycles. The van der Waals surface area contributed by atoms with Crippen LogP contribution in [0.3, 0.4) is 0 Å². The lowest BCUT2D eigenvalue weighted by molar-refractivity contribution is -0.120. The minimum absolute atomic E-state index is 0.0689. The third-order valence-corrected chi connectivity index (χ3v) is 3.21. The summed E-state index contributed by atoms with van der Waals surface area (Å²) in [6.07, 6.45) is -0.525. The van der Waals surface area contributed by atoms with Crippen LogP contribution in [0.5, 0.6) is 5.75 Å². The number of aromatic nitrogens is 2. The number of ether oxygens (including phenoxy) is 1. The molecule has 0 radical (unpaired) electrons. The van der Waals surface area contributed by atoms with Gasteiger partial charge in [0.15, 0.2) is 0 Å². The van der Waals surface area contributed by atoms with E-state index in [2.05, 4.69) is 15.5 Å². The normalized spacial score (nSPS) is 12.2. The molecular weight excluding hydrogens is 294 g/mol. The van der Waals surface area contributed by atoms with Gasteiger partial charge < -0.3 is 15.2 Å². The summed E-state index contributed by atoms with van der Waals surface area (Å²) in [4.78, 5) is 11.9. The first-order valence-electron chi connectivity index (χ1n) is 7.66. The molecule has 1 aromatic carbocycles. The Bertz CT molecular complexity index is 652. The van der Waals surface area contributed by atoms with Crippen molar-refractivity contribution in [3.63, 3.8) is 0 Å². The SMILES string of the molecule is Cc1cc(CC(=O)NC[C@@H](O)c2cccc(OC(C)C)c2)n[nH]1. The van der Waals surface area contributed by atoms with Gasteiger partial charge in [-0.25, -0.2) is 0 Å². The van der Waals surface area contributed by atoms with Gasteiger partial charge in [-0.2, -0.15) is 5.10 Å². The van der Waals surface area contributed by atoms with Crippen molar-refractivity contribution >= 4 is 5.91 Å². The number of H-pyrrole nitrogens is 1. The van der Waals surface area contributed by atoms with Crippen molar-refractivity contribution in [1.29, 1.82) is 0 Å². The van der Waals surface area contributed by atoms with E-state index in [9.17, 15) is 9.90 Å². The molecule has 23 heavy (non-hydrogen) atoms. The van der Waals surface area contributed by atoms with Crippen LogP contribution in [0.15, 0.2) is 30.3 Å². The van der Waals surface area contributed by atoms with Crippen LogP contribution in [-0.4, -0.2) is 33.9 Å². The largest absolute Gasteiger partial charge is 0.491 e. The Labute approximate surface area is 135 Å². The van der Waals surface area contributed by atoms with Crippen molar-refractivity contribution in [2.24, 2.45) is 0 Å². The zero-order valence-corrected chi connectivity index (χ0v) is 13.7. The second-order valence-electron chi connectivity index (χ2n) is 5.78. The number of rotatable bonds is 7. The molecule has 2 aromatic rings. The molecule has 3 N–H and O–H groups in total. The van der Waals surface area contributed by atoms with E-state index in [0.717, 1.165) is 5.69 Å². The summed E-state index contributed by atoms with van der Waals surface area (Å²) in [5.41, 5.74) is 2.30. The van der Waals surface area contributed by atoms with Gasteiger partial charge in [-0.3, -0.25) is 9.89 Å². The number of carbonyl (C=O) groups excluding carboxylic acids is 1. The van der Waals surface area contributed by atoms with Crippen molar-refractivity contribution in [2.75, 3.05) is 6.54 Å². The Kier molecular flexibility index (Phi) is 5.76. The molecule has 0 aliphatic carbocycles. The summed E-state index contributed by atoms with van der Waals surface area (Å²) in [6, 6.07) is 9.08. The third kappa shape index (κ3) is 5.41. The summed E-state index contributed by atoms with van der Waals surface area (Å²) in [5.74, 6) is 0.528. The van der Waals surface area contributed by atoms with Gasteiger partial charge in [-0.1, -0.05) is 12.1 Å². The average molecular weight is 317 g/mol. The predicted octanol–water partition coefficient (Wildman–Crippen LogP) is 1.90. The first-order valence-corrected chi connectivity index (χ1v) is 7.66. The quantitative estimate of drug-likeness (QED) is 0.728. The lowest BCUT2D eigenvalue weighted by atomic mass is 10.1. The number of hydrogen-bond donors (Lipinski definition) is 3. The highest BCUT2D eigenvalue weighted by Gasteiger charge is 2.12. The van der Waals surface area contributed by atoms with Gasteiger partial charge in [0.25, 0.3) is 0 Å². The Morgan fingerprint density at radius 1 is 1.39 bits per heavy atom. The summed E-state index contributed by atoms with van der Waals surface area (Å²) < 4.78 is 5.60. The van der Waals surface area contributed by atoms with Crippen LogP contribution in [0.1, 0.15) is 36.9 Å². The molecule has 1 atom stereocenters. The third-order valence-electron chi connectivity index (χ3n) is 3.21. The van der Waals surface area contributed by atoms with Gasteiger partial charge in [0, 0.05) is 12.2 Å². The van der Waals surface area contributed by atoms with Crippen LogP contribution < -0.4 is 10.1 Å². The maximum Gasteiger partial charge on any atom is 0.226 e. The molecule has 1 heterocycles. The van der Waals surface area contributed by atoms with E-state index in [0.29, 0.717) is 17.0 Å². The van der Waals surface area contributed by atoms with Crippen LogP contribution in [0, 0.1) is 6.92 Å².